The minimum Gasteiger partial charge on any atom is -0.449 e. The van der Waals surface area contributed by atoms with Crippen molar-refractivity contribution in [1.29, 1.82) is 0 Å². The summed E-state index contributed by atoms with van der Waals surface area (Å²) in [4.78, 5) is 28.4. The third kappa shape index (κ3) is 5.48. The van der Waals surface area contributed by atoms with Crippen molar-refractivity contribution in [2.24, 2.45) is 5.92 Å². The highest BCUT2D eigenvalue weighted by Gasteiger charge is 2.37. The fraction of sp³-hybridized carbons (Fsp3) is 0.609. The van der Waals surface area contributed by atoms with Gasteiger partial charge in [0.1, 0.15) is 0 Å². The number of carbonyl (C=O) groups excluding carboxylic acids is 2. The zero-order valence-corrected chi connectivity index (χ0v) is 18.8. The molecule has 0 aliphatic carbocycles. The lowest BCUT2D eigenvalue weighted by molar-refractivity contribution is -0.190. The van der Waals surface area contributed by atoms with E-state index in [0.717, 1.165) is 48.8 Å². The number of rotatable bonds is 3. The van der Waals surface area contributed by atoms with Gasteiger partial charge in [-0.3, -0.25) is 9.48 Å². The van der Waals surface area contributed by atoms with Crippen molar-refractivity contribution in [3.05, 3.63) is 30.0 Å². The third-order valence-electron chi connectivity index (χ3n) is 6.62. The Bertz CT molecular complexity index is 1010. The minimum absolute atomic E-state index is 0.132. The second-order valence-corrected chi connectivity index (χ2v) is 9.31. The second-order valence-electron chi connectivity index (χ2n) is 9.31. The van der Waals surface area contributed by atoms with E-state index in [-0.39, 0.29) is 12.5 Å². The van der Waals surface area contributed by atoms with Gasteiger partial charge in [-0.15, -0.1) is 0 Å². The van der Waals surface area contributed by atoms with E-state index in [2.05, 4.69) is 16.7 Å². The van der Waals surface area contributed by atoms with Crippen molar-refractivity contribution in [2.75, 3.05) is 33.3 Å². The lowest BCUT2D eigenvalue weighted by atomic mass is 9.89. The van der Waals surface area contributed by atoms with Crippen molar-refractivity contribution < 1.29 is 27.5 Å². The fourth-order valence-electron chi connectivity index (χ4n) is 4.76. The Morgan fingerprint density at radius 2 is 1.88 bits per heavy atom. The van der Waals surface area contributed by atoms with Crippen LogP contribution >= 0.6 is 0 Å². The van der Waals surface area contributed by atoms with E-state index in [1.807, 2.05) is 36.0 Å². The van der Waals surface area contributed by atoms with Crippen LogP contribution in [0.15, 0.2) is 24.4 Å². The van der Waals surface area contributed by atoms with Gasteiger partial charge in [0.2, 0.25) is 0 Å². The highest BCUT2D eigenvalue weighted by Crippen LogP contribution is 2.35. The zero-order chi connectivity index (χ0) is 23.8. The maximum absolute atomic E-state index is 12.7. The summed E-state index contributed by atoms with van der Waals surface area (Å²) < 4.78 is 43.5. The first-order valence-corrected chi connectivity index (χ1v) is 11.3. The predicted octanol–water partition coefficient (Wildman–Crippen LogP) is 3.71. The third-order valence-corrected chi connectivity index (χ3v) is 6.62. The van der Waals surface area contributed by atoms with Crippen LogP contribution in [0.5, 0.6) is 0 Å². The standard InChI is InChI=1S/C23H29F3N4O3/c1-15-3-6-20(29(12-15)21(31)22(32)33-14-23(24,25)26)16-4-5-17-13-30(27-19(17)11-16)18-7-9-28(2)10-8-18/h4-5,11,13,15,18,20H,3,6-10,12,14H2,1-2H3/t15-,20+/m0/s1. The Hall–Kier alpha value is -2.62. The SMILES string of the molecule is C[C@H]1CC[C@H](c2ccc3cn(C4CCN(C)CC4)nc3c2)N(C(=O)C(=O)OCC(F)(F)F)C1. The topological polar surface area (TPSA) is 67.7 Å². The van der Waals surface area contributed by atoms with Gasteiger partial charge in [0, 0.05) is 18.1 Å². The Balaban J connectivity index is 1.54. The molecule has 2 aromatic rings. The molecule has 2 fully saturated rings. The monoisotopic (exact) mass is 466 g/mol. The Morgan fingerprint density at radius 1 is 1.15 bits per heavy atom. The summed E-state index contributed by atoms with van der Waals surface area (Å²) in [6.07, 6.45) is 0.868. The molecule has 1 aromatic heterocycles. The largest absolute Gasteiger partial charge is 0.449 e. The van der Waals surface area contributed by atoms with Gasteiger partial charge in [-0.1, -0.05) is 19.1 Å². The van der Waals surface area contributed by atoms with Crippen molar-refractivity contribution in [3.63, 3.8) is 0 Å². The molecule has 0 N–H and O–H groups in total. The van der Waals surface area contributed by atoms with Gasteiger partial charge in [0.05, 0.1) is 17.6 Å². The minimum atomic E-state index is -4.68. The number of carbonyl (C=O) groups is 2. The van der Waals surface area contributed by atoms with E-state index >= 15 is 0 Å². The molecule has 2 atom stereocenters. The van der Waals surface area contributed by atoms with Gasteiger partial charge in [-0.25, -0.2) is 4.79 Å². The fourth-order valence-corrected chi connectivity index (χ4v) is 4.76. The molecule has 0 radical (unpaired) electrons. The summed E-state index contributed by atoms with van der Waals surface area (Å²) in [5.41, 5.74) is 1.62. The van der Waals surface area contributed by atoms with E-state index in [4.69, 9.17) is 5.10 Å². The average Bonchev–Trinajstić information content (AvgIpc) is 3.20. The Morgan fingerprint density at radius 3 is 2.58 bits per heavy atom. The molecule has 3 heterocycles. The summed E-state index contributed by atoms with van der Waals surface area (Å²) in [6.45, 7) is 2.50. The molecule has 33 heavy (non-hydrogen) atoms. The van der Waals surface area contributed by atoms with Gasteiger partial charge in [-0.05, 0) is 63.4 Å². The van der Waals surface area contributed by atoms with Crippen molar-refractivity contribution in [2.45, 2.75) is 50.9 Å². The Labute approximate surface area is 190 Å². The van der Waals surface area contributed by atoms with Gasteiger partial charge < -0.3 is 14.5 Å². The number of ether oxygens (including phenoxy) is 1. The number of hydrogen-bond donors (Lipinski definition) is 0. The zero-order valence-electron chi connectivity index (χ0n) is 18.8. The molecule has 7 nitrogen and oxygen atoms in total. The maximum Gasteiger partial charge on any atom is 0.422 e. The molecule has 0 unspecified atom stereocenters. The van der Waals surface area contributed by atoms with Crippen LogP contribution in [0.1, 0.15) is 50.3 Å². The van der Waals surface area contributed by atoms with E-state index in [9.17, 15) is 22.8 Å². The molecule has 1 amide bonds. The molecule has 1 aromatic carbocycles. The molecular weight excluding hydrogens is 437 g/mol. The number of esters is 1. The quantitative estimate of drug-likeness (QED) is 0.510. The molecule has 2 saturated heterocycles. The molecular formula is C23H29F3N4O3. The van der Waals surface area contributed by atoms with Gasteiger partial charge in [0.25, 0.3) is 0 Å². The van der Waals surface area contributed by atoms with Crippen LogP contribution in [-0.4, -0.2) is 70.9 Å². The predicted molar refractivity (Wildman–Crippen MR) is 115 cm³/mol. The highest BCUT2D eigenvalue weighted by atomic mass is 19.4. The molecule has 0 saturated carbocycles. The number of likely N-dealkylation sites (tertiary alicyclic amines) is 2. The molecule has 0 bridgehead atoms. The second kappa shape index (κ2) is 9.32. The van der Waals surface area contributed by atoms with E-state index in [1.54, 1.807) is 0 Å². The van der Waals surface area contributed by atoms with Crippen molar-refractivity contribution in [1.82, 2.24) is 19.6 Å². The summed E-state index contributed by atoms with van der Waals surface area (Å²) in [5, 5.41) is 5.76. The normalized spacial score (nSPS) is 23.1. The number of piperidine rings is 2. The maximum atomic E-state index is 12.7. The van der Waals surface area contributed by atoms with E-state index < -0.39 is 30.7 Å². The molecule has 2 aliphatic rings. The summed E-state index contributed by atoms with van der Waals surface area (Å²) in [5.74, 6) is -2.38. The van der Waals surface area contributed by atoms with Crippen LogP contribution in [0.4, 0.5) is 13.2 Å². The van der Waals surface area contributed by atoms with Crippen LogP contribution in [0.3, 0.4) is 0 Å². The smallest absolute Gasteiger partial charge is 0.422 e. The first kappa shape index (κ1) is 23.5. The summed E-state index contributed by atoms with van der Waals surface area (Å²) >= 11 is 0. The molecule has 4 rings (SSSR count). The number of benzene rings is 1. The lowest BCUT2D eigenvalue weighted by Crippen LogP contribution is -2.45. The molecule has 10 heteroatoms. The Kier molecular flexibility index (Phi) is 6.65. The summed E-state index contributed by atoms with van der Waals surface area (Å²) in [6, 6.07) is 5.71. The summed E-state index contributed by atoms with van der Waals surface area (Å²) in [7, 11) is 2.11. The number of nitrogens with zero attached hydrogens (tertiary/aromatic N) is 4. The van der Waals surface area contributed by atoms with E-state index in [0.29, 0.717) is 12.5 Å². The van der Waals surface area contributed by atoms with Crippen LogP contribution < -0.4 is 0 Å². The van der Waals surface area contributed by atoms with E-state index in [1.165, 1.54) is 4.90 Å². The molecule has 2 aliphatic heterocycles. The lowest BCUT2D eigenvalue weighted by Gasteiger charge is -2.38. The number of halogens is 3. The highest BCUT2D eigenvalue weighted by molar-refractivity contribution is 6.32. The van der Waals surface area contributed by atoms with Crippen LogP contribution in [0.2, 0.25) is 0 Å². The molecule has 180 valence electrons. The number of alkyl halides is 3. The number of amides is 1. The number of hydrogen-bond acceptors (Lipinski definition) is 5. The van der Waals surface area contributed by atoms with Gasteiger partial charge >= 0.3 is 18.1 Å². The molecule has 0 spiro atoms. The van der Waals surface area contributed by atoms with Crippen molar-refractivity contribution in [3.8, 4) is 0 Å². The number of fused-ring (bicyclic) bond motifs is 1. The van der Waals surface area contributed by atoms with Gasteiger partial charge in [0.15, 0.2) is 6.61 Å². The number of aromatic nitrogens is 2. The first-order chi connectivity index (χ1) is 15.6. The van der Waals surface area contributed by atoms with Crippen LogP contribution in [0.25, 0.3) is 10.9 Å². The average molecular weight is 467 g/mol. The van der Waals surface area contributed by atoms with Crippen LogP contribution in [-0.2, 0) is 14.3 Å². The van der Waals surface area contributed by atoms with Crippen LogP contribution in [0, 0.1) is 5.92 Å². The van der Waals surface area contributed by atoms with Gasteiger partial charge in [-0.2, -0.15) is 18.3 Å². The van der Waals surface area contributed by atoms with Crippen molar-refractivity contribution >= 4 is 22.8 Å². The first-order valence-electron chi connectivity index (χ1n) is 11.3.